The molecule has 2 aliphatic heterocycles. The number of piperidine rings is 1. The van der Waals surface area contributed by atoms with Gasteiger partial charge in [-0.05, 0) is 48.4 Å². The molecule has 0 bridgehead atoms. The summed E-state index contributed by atoms with van der Waals surface area (Å²) in [4.78, 5) is 9.16. The number of imidazole rings is 1. The van der Waals surface area contributed by atoms with E-state index >= 15 is 0 Å². The van der Waals surface area contributed by atoms with Crippen LogP contribution in [0, 0.1) is 0 Å². The molecule has 4 rings (SSSR count). The van der Waals surface area contributed by atoms with Gasteiger partial charge in [0.25, 0.3) is 0 Å². The van der Waals surface area contributed by atoms with E-state index < -0.39 is 0 Å². The number of hydrogen-bond donors (Lipinski definition) is 0. The van der Waals surface area contributed by atoms with E-state index in [9.17, 15) is 0 Å². The van der Waals surface area contributed by atoms with Gasteiger partial charge < -0.3 is 18.8 Å². The molecule has 0 saturated carbocycles. The monoisotopic (exact) mass is 492 g/mol. The van der Waals surface area contributed by atoms with Gasteiger partial charge in [-0.1, -0.05) is 42.1 Å². The molecule has 0 aliphatic carbocycles. The number of allylic oxidation sites excluding steroid dienone is 3. The van der Waals surface area contributed by atoms with Crippen molar-refractivity contribution in [2.45, 2.75) is 36.9 Å². The summed E-state index contributed by atoms with van der Waals surface area (Å²) in [6.45, 7) is 4.55. The van der Waals surface area contributed by atoms with Crippen molar-refractivity contribution in [2.24, 2.45) is 7.05 Å². The van der Waals surface area contributed by atoms with Gasteiger partial charge in [-0.2, -0.15) is 0 Å². The van der Waals surface area contributed by atoms with Gasteiger partial charge in [-0.15, -0.1) is 0 Å². The normalized spacial score (nSPS) is 17.4. The van der Waals surface area contributed by atoms with Gasteiger partial charge in [0.15, 0.2) is 5.16 Å². The highest BCUT2D eigenvalue weighted by Crippen LogP contribution is 2.26. The molecule has 0 radical (unpaired) electrons. The minimum absolute atomic E-state index is 0.756. The van der Waals surface area contributed by atoms with E-state index in [1.165, 1.54) is 49.1 Å². The van der Waals surface area contributed by atoms with Crippen LogP contribution in [0.5, 0.6) is 0 Å². The third-order valence-electron chi connectivity index (χ3n) is 7.45. The fourth-order valence-electron chi connectivity index (χ4n) is 4.99. The second-order valence-corrected chi connectivity index (χ2v) is 11.5. The predicted octanol–water partition coefficient (Wildman–Crippen LogP) is 5.44. The molecule has 188 valence electrons. The van der Waals surface area contributed by atoms with Crippen LogP contribution in [0.25, 0.3) is 6.08 Å². The Morgan fingerprint density at radius 3 is 2.49 bits per heavy atom. The second kappa shape index (κ2) is 12.0. The average molecular weight is 493 g/mol. The number of aromatic nitrogens is 2. The Morgan fingerprint density at radius 1 is 1.06 bits per heavy atom. The number of nitrogens with zero attached hydrogens (tertiary/aromatic N) is 5. The summed E-state index contributed by atoms with van der Waals surface area (Å²) in [6, 6.07) is 9.84. The molecule has 1 fully saturated rings. The van der Waals surface area contributed by atoms with Gasteiger partial charge in [-0.25, -0.2) is 4.98 Å². The van der Waals surface area contributed by atoms with Crippen LogP contribution in [0.3, 0.4) is 0 Å². The molecule has 2 aromatic rings. The van der Waals surface area contributed by atoms with Crippen molar-refractivity contribution < 1.29 is 4.48 Å². The van der Waals surface area contributed by atoms with Crippen molar-refractivity contribution in [2.75, 3.05) is 58.0 Å². The lowest BCUT2D eigenvalue weighted by molar-refractivity contribution is -0.916. The van der Waals surface area contributed by atoms with Gasteiger partial charge in [-0.3, -0.25) is 0 Å². The number of unbranched alkanes of at least 4 members (excludes halogenated alkanes) is 1. The minimum Gasteiger partial charge on any atom is -0.377 e. The standard InChI is InChI=1S/C29H42N5S/c1-31-18-13-26(14-19-31)8-7-25-9-11-27(12-10-25)33-20-15-28(16-21-33)34(3,4)23-5-6-24-35-29-30-17-22-32(29)2/h7-14,17-18,22,28H,5-6,15-16,19-21,23-24H2,1-4H3/q+1/b8-7+. The zero-order valence-corrected chi connectivity index (χ0v) is 22.8. The Hall–Kier alpha value is -2.44. The van der Waals surface area contributed by atoms with Gasteiger partial charge in [0, 0.05) is 70.4 Å². The van der Waals surface area contributed by atoms with Gasteiger partial charge in [0.05, 0.1) is 26.7 Å². The fourth-order valence-corrected chi connectivity index (χ4v) is 5.92. The lowest BCUT2D eigenvalue weighted by atomic mass is 10.00. The summed E-state index contributed by atoms with van der Waals surface area (Å²) < 4.78 is 3.25. The number of thioether (sulfide) groups is 1. The Labute approximate surface area is 216 Å². The van der Waals surface area contributed by atoms with Gasteiger partial charge >= 0.3 is 0 Å². The van der Waals surface area contributed by atoms with Crippen LogP contribution in [0.4, 0.5) is 5.69 Å². The largest absolute Gasteiger partial charge is 0.377 e. The van der Waals surface area contributed by atoms with Gasteiger partial charge in [0.1, 0.15) is 0 Å². The van der Waals surface area contributed by atoms with Crippen molar-refractivity contribution in [1.29, 1.82) is 0 Å². The van der Waals surface area contributed by atoms with Crippen molar-refractivity contribution in [3.8, 4) is 0 Å². The van der Waals surface area contributed by atoms with E-state index in [0.717, 1.165) is 41.1 Å². The highest BCUT2D eigenvalue weighted by Gasteiger charge is 2.31. The smallest absolute Gasteiger partial charge is 0.167 e. The summed E-state index contributed by atoms with van der Waals surface area (Å²) in [6.07, 6.45) is 20.0. The SMILES string of the molecule is CN1C=CC(/C=C/c2ccc(N3CCC([N+](C)(C)CCCCSc4nccn4C)CC3)cc2)=CC1. The van der Waals surface area contributed by atoms with E-state index in [-0.39, 0.29) is 0 Å². The molecule has 2 aliphatic rings. The number of rotatable bonds is 10. The molecule has 0 atom stereocenters. The van der Waals surface area contributed by atoms with Crippen LogP contribution in [0.15, 0.2) is 71.8 Å². The van der Waals surface area contributed by atoms with E-state index in [4.69, 9.17) is 0 Å². The number of quaternary nitrogens is 1. The van der Waals surface area contributed by atoms with Crippen LogP contribution < -0.4 is 4.90 Å². The molecule has 3 heterocycles. The van der Waals surface area contributed by atoms with E-state index in [0.29, 0.717) is 0 Å². The maximum absolute atomic E-state index is 4.41. The van der Waals surface area contributed by atoms with Crippen molar-refractivity contribution in [3.63, 3.8) is 0 Å². The molecular weight excluding hydrogens is 450 g/mol. The molecule has 5 nitrogen and oxygen atoms in total. The number of aryl methyl sites for hydroxylation is 1. The highest BCUT2D eigenvalue weighted by atomic mass is 32.2. The lowest BCUT2D eigenvalue weighted by Crippen LogP contribution is -2.54. The summed E-state index contributed by atoms with van der Waals surface area (Å²) >= 11 is 1.88. The van der Waals surface area contributed by atoms with Crippen molar-refractivity contribution >= 4 is 23.5 Å². The molecule has 1 aromatic carbocycles. The summed E-state index contributed by atoms with van der Waals surface area (Å²) in [5.74, 6) is 1.15. The number of benzene rings is 1. The Balaban J connectivity index is 1.19. The minimum atomic E-state index is 0.756. The first-order valence-corrected chi connectivity index (χ1v) is 13.9. The summed E-state index contributed by atoms with van der Waals surface area (Å²) in [5.41, 5.74) is 3.90. The van der Waals surface area contributed by atoms with Crippen LogP contribution in [0.2, 0.25) is 0 Å². The molecule has 6 heteroatoms. The van der Waals surface area contributed by atoms with Crippen LogP contribution in [-0.2, 0) is 7.05 Å². The Morgan fingerprint density at radius 2 is 1.83 bits per heavy atom. The highest BCUT2D eigenvalue weighted by molar-refractivity contribution is 7.99. The third kappa shape index (κ3) is 7.28. The van der Waals surface area contributed by atoms with Crippen molar-refractivity contribution in [3.05, 3.63) is 72.2 Å². The maximum atomic E-state index is 4.41. The number of anilines is 1. The van der Waals surface area contributed by atoms with Crippen LogP contribution >= 0.6 is 11.8 Å². The first-order valence-electron chi connectivity index (χ1n) is 13.0. The molecule has 0 N–H and O–H groups in total. The molecule has 0 amide bonds. The molecule has 1 saturated heterocycles. The van der Waals surface area contributed by atoms with Crippen LogP contribution in [-0.4, -0.2) is 78.1 Å². The first kappa shape index (κ1) is 25.6. The topological polar surface area (TPSA) is 24.3 Å². The van der Waals surface area contributed by atoms with Gasteiger partial charge in [0.2, 0.25) is 0 Å². The fraction of sp³-hybridized carbons (Fsp3) is 0.483. The Kier molecular flexibility index (Phi) is 8.79. The average Bonchev–Trinajstić information content (AvgIpc) is 3.28. The Bertz CT molecular complexity index is 1030. The molecule has 0 spiro atoms. The molecule has 35 heavy (non-hydrogen) atoms. The molecule has 0 unspecified atom stereocenters. The maximum Gasteiger partial charge on any atom is 0.167 e. The second-order valence-electron chi connectivity index (χ2n) is 10.5. The summed E-state index contributed by atoms with van der Waals surface area (Å²) in [7, 11) is 9.03. The molecule has 1 aromatic heterocycles. The quantitative estimate of drug-likeness (QED) is 0.251. The number of likely N-dealkylation sites (N-methyl/N-ethyl adjacent to an activating group) is 1. The van der Waals surface area contributed by atoms with Crippen molar-refractivity contribution in [1.82, 2.24) is 14.5 Å². The molecular formula is C29H42N5S+. The van der Waals surface area contributed by atoms with E-state index in [1.807, 2.05) is 24.2 Å². The first-order chi connectivity index (χ1) is 16.9. The summed E-state index contributed by atoms with van der Waals surface area (Å²) in [5, 5.41) is 1.13. The predicted molar refractivity (Wildman–Crippen MR) is 151 cm³/mol. The van der Waals surface area contributed by atoms with E-state index in [2.05, 4.69) is 102 Å². The lowest BCUT2D eigenvalue weighted by Gasteiger charge is -2.43. The zero-order chi connectivity index (χ0) is 24.7. The third-order valence-corrected chi connectivity index (χ3v) is 8.60. The van der Waals surface area contributed by atoms with E-state index in [1.54, 1.807) is 0 Å². The number of hydrogen-bond acceptors (Lipinski definition) is 4. The zero-order valence-electron chi connectivity index (χ0n) is 21.9. The van der Waals surface area contributed by atoms with Crippen LogP contribution in [0.1, 0.15) is 31.2 Å².